The lowest BCUT2D eigenvalue weighted by Crippen LogP contribution is -2.30. The van der Waals surface area contributed by atoms with Gasteiger partial charge in [-0.2, -0.15) is 0 Å². The third kappa shape index (κ3) is 2.90. The van der Waals surface area contributed by atoms with Crippen LogP contribution in [0.4, 0.5) is 0 Å². The molecule has 12 heavy (non-hydrogen) atoms. The second-order valence-corrected chi connectivity index (χ2v) is 5.35. The van der Waals surface area contributed by atoms with Gasteiger partial charge in [-0.25, -0.2) is 0 Å². The molecule has 72 valence electrons. The minimum Gasteiger partial charge on any atom is -0.304 e. The average molecular weight is 233 g/mol. The lowest BCUT2D eigenvalue weighted by molar-refractivity contribution is 0.0544. The van der Waals surface area contributed by atoms with Crippen molar-refractivity contribution in [3.05, 3.63) is 0 Å². The van der Waals surface area contributed by atoms with Crippen LogP contribution in [0.25, 0.3) is 0 Å². The largest absolute Gasteiger partial charge is 0.328 e. The Balaban J connectivity index is 2.59. The predicted molar refractivity (Wildman–Crippen MR) is 49.3 cm³/mol. The van der Waals surface area contributed by atoms with E-state index in [4.69, 9.17) is 32.2 Å². The number of hydrogen-bond donors (Lipinski definition) is 0. The van der Waals surface area contributed by atoms with E-state index < -0.39 is 7.60 Å². The molecule has 1 aliphatic rings. The molecule has 0 aromatic rings. The molecule has 1 aliphatic heterocycles. The Labute approximate surface area is 81.9 Å². The van der Waals surface area contributed by atoms with E-state index in [-0.39, 0.29) is 12.2 Å². The summed E-state index contributed by atoms with van der Waals surface area (Å²) in [6.07, 6.45) is 0.227. The number of alkyl halides is 2. The Morgan fingerprint density at radius 3 is 2.08 bits per heavy atom. The molecule has 1 saturated heterocycles. The summed E-state index contributed by atoms with van der Waals surface area (Å²) < 4.78 is 21.6. The van der Waals surface area contributed by atoms with E-state index in [1.54, 1.807) is 0 Å². The van der Waals surface area contributed by atoms with Gasteiger partial charge >= 0.3 is 7.60 Å². The van der Waals surface area contributed by atoms with Crippen molar-refractivity contribution < 1.29 is 13.6 Å². The summed E-state index contributed by atoms with van der Waals surface area (Å²) in [5.74, 6) is 0.656. The van der Waals surface area contributed by atoms with Crippen LogP contribution in [-0.4, -0.2) is 30.6 Å². The van der Waals surface area contributed by atoms with Crippen molar-refractivity contribution in [2.45, 2.75) is 18.6 Å². The fraction of sp³-hybridized carbons (Fsp3) is 1.00. The third-order valence-electron chi connectivity index (χ3n) is 1.55. The van der Waals surface area contributed by atoms with Gasteiger partial charge in [0, 0.05) is 24.8 Å². The minimum absolute atomic E-state index is 0.194. The molecule has 0 aliphatic carbocycles. The van der Waals surface area contributed by atoms with Crippen molar-refractivity contribution in [3.63, 3.8) is 0 Å². The quantitative estimate of drug-likeness (QED) is 0.542. The first-order chi connectivity index (χ1) is 5.57. The lowest BCUT2D eigenvalue weighted by Gasteiger charge is -2.31. The topological polar surface area (TPSA) is 35.5 Å². The molecule has 0 saturated carbocycles. The molecule has 0 amide bonds. The van der Waals surface area contributed by atoms with Crippen LogP contribution in [0.3, 0.4) is 0 Å². The van der Waals surface area contributed by atoms with Crippen LogP contribution < -0.4 is 0 Å². The van der Waals surface area contributed by atoms with Gasteiger partial charge in [-0.3, -0.25) is 4.57 Å². The van der Waals surface area contributed by atoms with E-state index in [2.05, 4.69) is 0 Å². The SMILES string of the molecule is CP1(=O)OC(CCl)CC(CCl)O1. The Bertz CT molecular complexity index is 183. The molecule has 0 aromatic carbocycles. The Kier molecular flexibility index (Phi) is 3.87. The maximum Gasteiger partial charge on any atom is 0.328 e. The number of hydrogen-bond acceptors (Lipinski definition) is 3. The molecule has 0 bridgehead atoms. The predicted octanol–water partition coefficient (Wildman–Crippen LogP) is 2.46. The van der Waals surface area contributed by atoms with E-state index >= 15 is 0 Å². The highest BCUT2D eigenvalue weighted by molar-refractivity contribution is 7.53. The summed E-state index contributed by atoms with van der Waals surface area (Å²) in [4.78, 5) is 0. The van der Waals surface area contributed by atoms with Gasteiger partial charge < -0.3 is 9.05 Å². The highest BCUT2D eigenvalue weighted by atomic mass is 35.5. The van der Waals surface area contributed by atoms with Crippen LogP contribution in [0.5, 0.6) is 0 Å². The van der Waals surface area contributed by atoms with E-state index in [9.17, 15) is 4.57 Å². The molecule has 3 nitrogen and oxygen atoms in total. The molecule has 0 radical (unpaired) electrons. The van der Waals surface area contributed by atoms with Gasteiger partial charge in [-0.15, -0.1) is 23.2 Å². The highest BCUT2D eigenvalue weighted by Gasteiger charge is 2.34. The standard InChI is InChI=1S/C6H11Cl2O3P/c1-12(9)10-5(3-7)2-6(4-8)11-12/h5-6H,2-4H2,1H3. The summed E-state index contributed by atoms with van der Waals surface area (Å²) in [6.45, 7) is 1.44. The zero-order chi connectivity index (χ0) is 9.19. The summed E-state index contributed by atoms with van der Waals surface area (Å²) >= 11 is 11.2. The van der Waals surface area contributed by atoms with Gasteiger partial charge in [0.15, 0.2) is 0 Å². The first-order valence-electron chi connectivity index (χ1n) is 3.63. The molecule has 2 atom stereocenters. The molecule has 1 rings (SSSR count). The van der Waals surface area contributed by atoms with Gasteiger partial charge in [0.2, 0.25) is 0 Å². The maximum absolute atomic E-state index is 11.4. The Morgan fingerprint density at radius 2 is 1.75 bits per heavy atom. The van der Waals surface area contributed by atoms with E-state index in [0.717, 1.165) is 0 Å². The number of halogens is 2. The zero-order valence-electron chi connectivity index (χ0n) is 6.70. The Hall–Kier alpha value is 0.730. The number of rotatable bonds is 2. The van der Waals surface area contributed by atoms with E-state index in [0.29, 0.717) is 18.2 Å². The van der Waals surface area contributed by atoms with Gasteiger partial charge in [0.1, 0.15) is 0 Å². The summed E-state index contributed by atoms with van der Waals surface area (Å²) in [5.41, 5.74) is 0. The van der Waals surface area contributed by atoms with Crippen LogP contribution in [-0.2, 0) is 13.6 Å². The van der Waals surface area contributed by atoms with Gasteiger partial charge in [-0.1, -0.05) is 0 Å². The highest BCUT2D eigenvalue weighted by Crippen LogP contribution is 2.51. The van der Waals surface area contributed by atoms with E-state index in [1.165, 1.54) is 6.66 Å². The average Bonchev–Trinajstić information content (AvgIpc) is 2.01. The molecule has 0 spiro atoms. The fourth-order valence-corrected chi connectivity index (χ4v) is 3.14. The summed E-state index contributed by atoms with van der Waals surface area (Å²) in [6, 6.07) is 0. The maximum atomic E-state index is 11.4. The molecule has 0 aromatic heterocycles. The first kappa shape index (κ1) is 10.8. The molecular formula is C6H11Cl2O3P. The van der Waals surface area contributed by atoms with Crippen molar-refractivity contribution in [3.8, 4) is 0 Å². The van der Waals surface area contributed by atoms with E-state index in [1.807, 2.05) is 0 Å². The van der Waals surface area contributed by atoms with Gasteiger partial charge in [0.05, 0.1) is 12.2 Å². The van der Waals surface area contributed by atoms with Crippen LogP contribution in [0, 0.1) is 0 Å². The fourth-order valence-electron chi connectivity index (χ4n) is 1.13. The van der Waals surface area contributed by atoms with Crippen LogP contribution >= 0.6 is 30.8 Å². The molecule has 0 N–H and O–H groups in total. The van der Waals surface area contributed by atoms with Crippen molar-refractivity contribution in [1.82, 2.24) is 0 Å². The molecular weight excluding hydrogens is 222 g/mol. The lowest BCUT2D eigenvalue weighted by atomic mass is 10.2. The smallest absolute Gasteiger partial charge is 0.304 e. The van der Waals surface area contributed by atoms with Crippen LogP contribution in [0.1, 0.15) is 6.42 Å². The molecule has 2 unspecified atom stereocenters. The monoisotopic (exact) mass is 232 g/mol. The van der Waals surface area contributed by atoms with Gasteiger partial charge in [0.25, 0.3) is 0 Å². The van der Waals surface area contributed by atoms with Crippen molar-refractivity contribution in [2.75, 3.05) is 18.4 Å². The van der Waals surface area contributed by atoms with Crippen molar-refractivity contribution in [1.29, 1.82) is 0 Å². The zero-order valence-corrected chi connectivity index (χ0v) is 9.11. The third-order valence-corrected chi connectivity index (χ3v) is 3.60. The normalized spacial score (nSPS) is 42.9. The Morgan fingerprint density at radius 1 is 1.33 bits per heavy atom. The van der Waals surface area contributed by atoms with Crippen LogP contribution in [0.2, 0.25) is 0 Å². The van der Waals surface area contributed by atoms with Crippen molar-refractivity contribution in [2.24, 2.45) is 0 Å². The van der Waals surface area contributed by atoms with Gasteiger partial charge in [-0.05, 0) is 0 Å². The molecule has 1 heterocycles. The second-order valence-electron chi connectivity index (χ2n) is 2.77. The van der Waals surface area contributed by atoms with Crippen molar-refractivity contribution >= 4 is 30.8 Å². The first-order valence-corrected chi connectivity index (χ1v) is 6.69. The second kappa shape index (κ2) is 4.30. The summed E-state index contributed by atoms with van der Waals surface area (Å²) in [5, 5.41) is 0. The minimum atomic E-state index is -2.90. The molecule has 6 heteroatoms. The van der Waals surface area contributed by atoms with Crippen LogP contribution in [0.15, 0.2) is 0 Å². The molecule has 1 fully saturated rings. The summed E-state index contributed by atoms with van der Waals surface area (Å²) in [7, 11) is -2.90.